The molecule has 1 aliphatic rings. The van der Waals surface area contributed by atoms with Crippen molar-refractivity contribution in [3.63, 3.8) is 0 Å². The third kappa shape index (κ3) is 3.16. The van der Waals surface area contributed by atoms with E-state index in [0.29, 0.717) is 5.25 Å². The van der Waals surface area contributed by atoms with Crippen LogP contribution in [0.3, 0.4) is 0 Å². The van der Waals surface area contributed by atoms with Gasteiger partial charge in [-0.3, -0.25) is 0 Å². The number of thioether (sulfide) groups is 1. The maximum absolute atomic E-state index is 9.45. The number of aliphatic hydroxyl groups excluding tert-OH is 1. The molecule has 3 heteroatoms. The van der Waals surface area contributed by atoms with Gasteiger partial charge in [-0.15, -0.1) is 11.8 Å². The fourth-order valence-electron chi connectivity index (χ4n) is 2.05. The Bertz CT molecular complexity index is 359. The van der Waals surface area contributed by atoms with Crippen molar-refractivity contribution in [1.82, 2.24) is 0 Å². The van der Waals surface area contributed by atoms with Gasteiger partial charge in [-0.25, -0.2) is 0 Å². The smallest absolute Gasteiger partial charge is 0.0541 e. The molecule has 16 heavy (non-hydrogen) atoms. The standard InChI is InChI=1S/C13H17ClOS/c1-9-8-12(6-7-13(9)14)16-11-4-2-10(15)3-5-11/h6-8,10-11,15H,2-5H2,1H3. The number of hydrogen-bond acceptors (Lipinski definition) is 2. The number of rotatable bonds is 2. The summed E-state index contributed by atoms with van der Waals surface area (Å²) in [6.45, 7) is 2.04. The topological polar surface area (TPSA) is 20.2 Å². The molecule has 0 amide bonds. The maximum Gasteiger partial charge on any atom is 0.0541 e. The Morgan fingerprint density at radius 1 is 1.25 bits per heavy atom. The van der Waals surface area contributed by atoms with Crippen LogP contribution in [0.4, 0.5) is 0 Å². The number of hydrogen-bond donors (Lipinski definition) is 1. The van der Waals surface area contributed by atoms with Crippen LogP contribution in [0.2, 0.25) is 5.02 Å². The van der Waals surface area contributed by atoms with E-state index in [1.54, 1.807) is 0 Å². The van der Waals surface area contributed by atoms with Crippen molar-refractivity contribution in [2.75, 3.05) is 0 Å². The molecular formula is C13H17ClOS. The third-order valence-electron chi connectivity index (χ3n) is 3.08. The first-order valence-electron chi connectivity index (χ1n) is 5.76. The second-order valence-corrected chi connectivity index (χ2v) is 6.24. The zero-order valence-corrected chi connectivity index (χ0v) is 11.0. The lowest BCUT2D eigenvalue weighted by Crippen LogP contribution is -2.19. The van der Waals surface area contributed by atoms with Gasteiger partial charge < -0.3 is 5.11 Å². The molecule has 0 aliphatic heterocycles. The first-order valence-corrected chi connectivity index (χ1v) is 7.02. The molecule has 1 nitrogen and oxygen atoms in total. The van der Waals surface area contributed by atoms with Gasteiger partial charge in [-0.1, -0.05) is 11.6 Å². The number of aliphatic hydroxyl groups is 1. The predicted octanol–water partition coefficient (Wildman–Crippen LogP) is 4.04. The van der Waals surface area contributed by atoms with Crippen molar-refractivity contribution in [3.05, 3.63) is 28.8 Å². The normalized spacial score (nSPS) is 25.7. The molecular weight excluding hydrogens is 240 g/mol. The van der Waals surface area contributed by atoms with Crippen LogP contribution in [0.15, 0.2) is 23.1 Å². The second kappa shape index (κ2) is 5.44. The Hall–Kier alpha value is -0.180. The summed E-state index contributed by atoms with van der Waals surface area (Å²) >= 11 is 7.92. The highest BCUT2D eigenvalue weighted by atomic mass is 35.5. The fraction of sp³-hybridized carbons (Fsp3) is 0.538. The molecule has 1 aromatic carbocycles. The molecule has 0 atom stereocenters. The molecule has 1 aliphatic carbocycles. The van der Waals surface area contributed by atoms with Crippen molar-refractivity contribution in [2.45, 2.75) is 48.9 Å². The van der Waals surface area contributed by atoms with Gasteiger partial charge in [0.2, 0.25) is 0 Å². The first-order chi connectivity index (χ1) is 7.65. The van der Waals surface area contributed by atoms with Gasteiger partial charge in [0.15, 0.2) is 0 Å². The third-order valence-corrected chi connectivity index (χ3v) is 4.83. The van der Waals surface area contributed by atoms with Gasteiger partial charge >= 0.3 is 0 Å². The zero-order valence-electron chi connectivity index (χ0n) is 9.45. The van der Waals surface area contributed by atoms with Gasteiger partial charge in [-0.2, -0.15) is 0 Å². The SMILES string of the molecule is Cc1cc(SC2CCC(O)CC2)ccc1Cl. The Morgan fingerprint density at radius 3 is 2.56 bits per heavy atom. The molecule has 1 N–H and O–H groups in total. The van der Waals surface area contributed by atoms with Gasteiger partial charge in [0, 0.05) is 15.2 Å². The van der Waals surface area contributed by atoms with Crippen LogP contribution >= 0.6 is 23.4 Å². The highest BCUT2D eigenvalue weighted by Gasteiger charge is 2.20. The first kappa shape index (κ1) is 12.3. The van der Waals surface area contributed by atoms with Crippen molar-refractivity contribution in [1.29, 1.82) is 0 Å². The second-order valence-electron chi connectivity index (χ2n) is 4.46. The molecule has 1 fully saturated rings. The summed E-state index contributed by atoms with van der Waals surface area (Å²) < 4.78 is 0. The molecule has 1 saturated carbocycles. The lowest BCUT2D eigenvalue weighted by molar-refractivity contribution is 0.132. The lowest BCUT2D eigenvalue weighted by Gasteiger charge is -2.24. The highest BCUT2D eigenvalue weighted by molar-refractivity contribution is 8.00. The lowest BCUT2D eigenvalue weighted by atomic mass is 9.97. The minimum absolute atomic E-state index is 0.0659. The van der Waals surface area contributed by atoms with Crippen LogP contribution in [0, 0.1) is 6.92 Å². The van der Waals surface area contributed by atoms with Crippen molar-refractivity contribution in [2.24, 2.45) is 0 Å². The molecule has 0 aromatic heterocycles. The average Bonchev–Trinajstić information content (AvgIpc) is 2.27. The van der Waals surface area contributed by atoms with E-state index in [1.807, 2.05) is 24.8 Å². The molecule has 0 bridgehead atoms. The number of halogens is 1. The summed E-state index contributed by atoms with van der Waals surface area (Å²) in [5.74, 6) is 0. The molecule has 88 valence electrons. The predicted molar refractivity (Wildman–Crippen MR) is 70.3 cm³/mol. The van der Waals surface area contributed by atoms with E-state index in [1.165, 1.54) is 4.90 Å². The van der Waals surface area contributed by atoms with E-state index < -0.39 is 0 Å². The van der Waals surface area contributed by atoms with Gasteiger partial charge in [0.25, 0.3) is 0 Å². The van der Waals surface area contributed by atoms with E-state index in [-0.39, 0.29) is 6.10 Å². The van der Waals surface area contributed by atoms with Gasteiger partial charge in [0.1, 0.15) is 0 Å². The Kier molecular flexibility index (Phi) is 4.17. The molecule has 0 unspecified atom stereocenters. The highest BCUT2D eigenvalue weighted by Crippen LogP contribution is 2.34. The van der Waals surface area contributed by atoms with Crippen LogP contribution in [-0.2, 0) is 0 Å². The summed E-state index contributed by atoms with van der Waals surface area (Å²) in [5, 5.41) is 10.9. The Balaban J connectivity index is 1.96. The maximum atomic E-state index is 9.45. The van der Waals surface area contributed by atoms with Crippen LogP contribution in [0.1, 0.15) is 31.2 Å². The van der Waals surface area contributed by atoms with E-state index in [2.05, 4.69) is 12.1 Å². The molecule has 2 rings (SSSR count). The Morgan fingerprint density at radius 2 is 1.94 bits per heavy atom. The molecule has 0 heterocycles. The van der Waals surface area contributed by atoms with E-state index in [4.69, 9.17) is 11.6 Å². The summed E-state index contributed by atoms with van der Waals surface area (Å²) in [4.78, 5) is 1.29. The zero-order chi connectivity index (χ0) is 11.5. The fourth-order valence-corrected chi connectivity index (χ4v) is 3.45. The summed E-state index contributed by atoms with van der Waals surface area (Å²) in [7, 11) is 0. The number of benzene rings is 1. The minimum Gasteiger partial charge on any atom is -0.393 e. The van der Waals surface area contributed by atoms with E-state index in [9.17, 15) is 5.11 Å². The van der Waals surface area contributed by atoms with Crippen LogP contribution in [0.25, 0.3) is 0 Å². The van der Waals surface area contributed by atoms with Crippen LogP contribution in [-0.4, -0.2) is 16.5 Å². The van der Waals surface area contributed by atoms with Crippen LogP contribution in [0.5, 0.6) is 0 Å². The van der Waals surface area contributed by atoms with Gasteiger partial charge in [-0.05, 0) is 56.4 Å². The van der Waals surface area contributed by atoms with Gasteiger partial charge in [0.05, 0.1) is 6.10 Å². The van der Waals surface area contributed by atoms with E-state index in [0.717, 1.165) is 36.3 Å². The van der Waals surface area contributed by atoms with E-state index >= 15 is 0 Å². The summed E-state index contributed by atoms with van der Waals surface area (Å²) in [6.07, 6.45) is 4.07. The van der Waals surface area contributed by atoms with Crippen molar-refractivity contribution in [3.8, 4) is 0 Å². The number of aryl methyl sites for hydroxylation is 1. The van der Waals surface area contributed by atoms with Crippen molar-refractivity contribution >= 4 is 23.4 Å². The molecule has 0 saturated heterocycles. The average molecular weight is 257 g/mol. The monoisotopic (exact) mass is 256 g/mol. The largest absolute Gasteiger partial charge is 0.393 e. The minimum atomic E-state index is -0.0659. The molecule has 0 radical (unpaired) electrons. The molecule has 1 aromatic rings. The Labute approximate surface area is 106 Å². The quantitative estimate of drug-likeness (QED) is 0.862. The summed E-state index contributed by atoms with van der Waals surface area (Å²) in [5.41, 5.74) is 1.14. The van der Waals surface area contributed by atoms with Crippen molar-refractivity contribution < 1.29 is 5.11 Å². The molecule has 0 spiro atoms. The van der Waals surface area contributed by atoms with Crippen LogP contribution < -0.4 is 0 Å². The summed E-state index contributed by atoms with van der Waals surface area (Å²) in [6, 6.07) is 6.21.